The van der Waals surface area contributed by atoms with Gasteiger partial charge in [0.05, 0.1) is 11.8 Å². The van der Waals surface area contributed by atoms with Crippen LogP contribution in [0.3, 0.4) is 0 Å². The quantitative estimate of drug-likeness (QED) is 0.908. The minimum absolute atomic E-state index is 0.0183. The van der Waals surface area contributed by atoms with Crippen LogP contribution in [0.5, 0.6) is 0 Å². The Morgan fingerprint density at radius 2 is 1.91 bits per heavy atom. The molecule has 1 aromatic rings. The lowest BCUT2D eigenvalue weighted by molar-refractivity contribution is -0.122. The second-order valence-corrected chi connectivity index (χ2v) is 6.84. The molecule has 5 heteroatoms. The fourth-order valence-electron chi connectivity index (χ4n) is 3.73. The van der Waals surface area contributed by atoms with Crippen LogP contribution in [0.2, 0.25) is 0 Å². The van der Waals surface area contributed by atoms with Crippen molar-refractivity contribution in [1.82, 2.24) is 10.2 Å². The van der Waals surface area contributed by atoms with Gasteiger partial charge in [0.25, 0.3) is 5.91 Å². The van der Waals surface area contributed by atoms with Gasteiger partial charge in [-0.05, 0) is 31.2 Å². The highest BCUT2D eigenvalue weighted by Gasteiger charge is 2.25. The Morgan fingerprint density at radius 3 is 2.57 bits per heavy atom. The van der Waals surface area contributed by atoms with E-state index in [0.717, 1.165) is 25.2 Å². The molecule has 1 saturated heterocycles. The molecule has 2 amide bonds. The van der Waals surface area contributed by atoms with Crippen LogP contribution in [0.4, 0.5) is 0 Å². The van der Waals surface area contributed by atoms with Crippen LogP contribution in [0, 0.1) is 5.92 Å². The van der Waals surface area contributed by atoms with Crippen LogP contribution < -0.4 is 5.32 Å². The molecule has 1 N–H and O–H groups in total. The lowest BCUT2D eigenvalue weighted by Crippen LogP contribution is -2.46. The molecule has 2 fully saturated rings. The van der Waals surface area contributed by atoms with E-state index >= 15 is 0 Å². The molecule has 1 aromatic heterocycles. The molecule has 0 aromatic carbocycles. The summed E-state index contributed by atoms with van der Waals surface area (Å²) in [5.41, 5.74) is 0.601. The van der Waals surface area contributed by atoms with Gasteiger partial charge in [-0.25, -0.2) is 0 Å². The van der Waals surface area contributed by atoms with Crippen molar-refractivity contribution >= 4 is 11.8 Å². The highest BCUT2D eigenvalue weighted by molar-refractivity contribution is 5.93. The monoisotopic (exact) mass is 318 g/mol. The zero-order valence-electron chi connectivity index (χ0n) is 13.6. The Balaban J connectivity index is 1.37. The number of nitrogens with zero attached hydrogens (tertiary/aromatic N) is 1. The van der Waals surface area contributed by atoms with E-state index in [1.165, 1.54) is 38.2 Å². The molecule has 0 atom stereocenters. The van der Waals surface area contributed by atoms with Gasteiger partial charge in [-0.1, -0.05) is 25.7 Å². The first kappa shape index (κ1) is 16.1. The number of carbonyl (C=O) groups excluding carboxylic acids is 2. The third-order valence-corrected chi connectivity index (χ3v) is 5.17. The van der Waals surface area contributed by atoms with Crippen molar-refractivity contribution in [3.63, 3.8) is 0 Å². The summed E-state index contributed by atoms with van der Waals surface area (Å²) < 4.78 is 4.96. The zero-order chi connectivity index (χ0) is 16.1. The van der Waals surface area contributed by atoms with Crippen LogP contribution >= 0.6 is 0 Å². The third-order valence-electron chi connectivity index (χ3n) is 5.17. The van der Waals surface area contributed by atoms with E-state index in [1.807, 2.05) is 4.90 Å². The summed E-state index contributed by atoms with van der Waals surface area (Å²) >= 11 is 0. The normalized spacial score (nSPS) is 19.9. The summed E-state index contributed by atoms with van der Waals surface area (Å²) in [4.78, 5) is 26.1. The van der Waals surface area contributed by atoms with Gasteiger partial charge < -0.3 is 14.6 Å². The van der Waals surface area contributed by atoms with Crippen LogP contribution in [0.15, 0.2) is 23.0 Å². The van der Waals surface area contributed by atoms with Crippen LogP contribution in [-0.2, 0) is 4.79 Å². The zero-order valence-corrected chi connectivity index (χ0v) is 13.6. The summed E-state index contributed by atoms with van der Waals surface area (Å²) in [6.45, 7) is 1.38. The average Bonchev–Trinajstić information content (AvgIpc) is 3.26. The molecular weight excluding hydrogens is 292 g/mol. The van der Waals surface area contributed by atoms with Crippen molar-refractivity contribution in [2.24, 2.45) is 5.92 Å². The van der Waals surface area contributed by atoms with Crippen molar-refractivity contribution in [1.29, 1.82) is 0 Å². The number of carbonyl (C=O) groups is 2. The highest BCUT2D eigenvalue weighted by atomic mass is 16.3. The van der Waals surface area contributed by atoms with Gasteiger partial charge in [0.2, 0.25) is 5.91 Å². The van der Waals surface area contributed by atoms with Crippen molar-refractivity contribution in [2.45, 2.75) is 57.4 Å². The second-order valence-electron chi connectivity index (χ2n) is 6.84. The molecule has 0 radical (unpaired) electrons. The SMILES string of the molecule is O=C(CCC1CCCC1)NC1CCN(C(=O)c2ccoc2)CC1. The maximum Gasteiger partial charge on any atom is 0.257 e. The lowest BCUT2D eigenvalue weighted by Gasteiger charge is -2.32. The smallest absolute Gasteiger partial charge is 0.257 e. The molecule has 23 heavy (non-hydrogen) atoms. The van der Waals surface area contributed by atoms with Gasteiger partial charge in [-0.3, -0.25) is 9.59 Å². The summed E-state index contributed by atoms with van der Waals surface area (Å²) in [5.74, 6) is 0.955. The summed E-state index contributed by atoms with van der Waals surface area (Å²) in [5, 5.41) is 3.14. The van der Waals surface area contributed by atoms with Gasteiger partial charge in [0.15, 0.2) is 0 Å². The topological polar surface area (TPSA) is 62.6 Å². The van der Waals surface area contributed by atoms with Crippen molar-refractivity contribution in [3.05, 3.63) is 24.2 Å². The van der Waals surface area contributed by atoms with Gasteiger partial charge >= 0.3 is 0 Å². The first-order chi connectivity index (χ1) is 11.2. The number of rotatable bonds is 5. The van der Waals surface area contributed by atoms with Gasteiger partial charge in [0.1, 0.15) is 6.26 Å². The second kappa shape index (κ2) is 7.66. The number of hydrogen-bond acceptors (Lipinski definition) is 3. The average molecular weight is 318 g/mol. The molecule has 5 nitrogen and oxygen atoms in total. The molecule has 2 heterocycles. The van der Waals surface area contributed by atoms with Gasteiger partial charge in [-0.2, -0.15) is 0 Å². The Morgan fingerprint density at radius 1 is 1.17 bits per heavy atom. The Bertz CT molecular complexity index is 512. The number of piperidine rings is 1. The summed E-state index contributed by atoms with van der Waals surface area (Å²) in [6.07, 6.45) is 11.6. The van der Waals surface area contributed by atoms with E-state index in [1.54, 1.807) is 6.07 Å². The van der Waals surface area contributed by atoms with Crippen LogP contribution in [0.25, 0.3) is 0 Å². The van der Waals surface area contributed by atoms with E-state index in [-0.39, 0.29) is 17.9 Å². The van der Waals surface area contributed by atoms with Crippen molar-refractivity contribution < 1.29 is 14.0 Å². The number of likely N-dealkylation sites (tertiary alicyclic amines) is 1. The maximum atomic E-state index is 12.2. The van der Waals surface area contributed by atoms with Crippen LogP contribution in [-0.4, -0.2) is 35.8 Å². The minimum atomic E-state index is 0.0183. The Kier molecular flexibility index (Phi) is 5.36. The first-order valence-electron chi connectivity index (χ1n) is 8.83. The van der Waals surface area contributed by atoms with Gasteiger partial charge in [-0.15, -0.1) is 0 Å². The highest BCUT2D eigenvalue weighted by Crippen LogP contribution is 2.28. The molecule has 0 unspecified atom stereocenters. The van der Waals surface area contributed by atoms with Crippen molar-refractivity contribution in [2.75, 3.05) is 13.1 Å². The standard InChI is InChI=1S/C18H26N2O3/c21-17(6-5-14-3-1-2-4-14)19-16-7-10-20(11-8-16)18(22)15-9-12-23-13-15/h9,12-14,16H,1-8,10-11H2,(H,19,21). The molecule has 2 aliphatic rings. The molecule has 1 saturated carbocycles. The Hall–Kier alpha value is -1.78. The predicted molar refractivity (Wildman–Crippen MR) is 87.0 cm³/mol. The first-order valence-corrected chi connectivity index (χ1v) is 8.83. The number of hydrogen-bond donors (Lipinski definition) is 1. The third kappa shape index (κ3) is 4.36. The minimum Gasteiger partial charge on any atom is -0.472 e. The Labute approximate surface area is 137 Å². The lowest BCUT2D eigenvalue weighted by atomic mass is 10.0. The molecule has 1 aliphatic carbocycles. The van der Waals surface area contributed by atoms with Gasteiger partial charge in [0, 0.05) is 25.6 Å². The number of amides is 2. The van der Waals surface area contributed by atoms with E-state index in [0.29, 0.717) is 25.1 Å². The summed E-state index contributed by atoms with van der Waals surface area (Å²) in [7, 11) is 0. The van der Waals surface area contributed by atoms with Crippen LogP contribution in [0.1, 0.15) is 61.7 Å². The van der Waals surface area contributed by atoms with Crippen molar-refractivity contribution in [3.8, 4) is 0 Å². The molecule has 0 spiro atoms. The summed E-state index contributed by atoms with van der Waals surface area (Å²) in [6, 6.07) is 1.90. The predicted octanol–water partition coefficient (Wildman–Crippen LogP) is 2.97. The molecule has 3 rings (SSSR count). The molecule has 0 bridgehead atoms. The number of furan rings is 1. The fraction of sp³-hybridized carbons (Fsp3) is 0.667. The molecule has 126 valence electrons. The van der Waals surface area contributed by atoms with E-state index in [2.05, 4.69) is 5.32 Å². The molecule has 1 aliphatic heterocycles. The maximum absolute atomic E-state index is 12.2. The largest absolute Gasteiger partial charge is 0.472 e. The molecular formula is C18H26N2O3. The fourth-order valence-corrected chi connectivity index (χ4v) is 3.73. The number of nitrogens with one attached hydrogen (secondary N) is 1. The van der Waals surface area contributed by atoms with E-state index in [4.69, 9.17) is 4.42 Å². The van der Waals surface area contributed by atoms with E-state index in [9.17, 15) is 9.59 Å². The van der Waals surface area contributed by atoms with E-state index < -0.39 is 0 Å².